The Balaban J connectivity index is 0.000000278. The van der Waals surface area contributed by atoms with Crippen LogP contribution in [0.4, 0.5) is 0 Å². The molecule has 0 aliphatic carbocycles. The van der Waals surface area contributed by atoms with Crippen LogP contribution in [-0.2, 0) is 23.9 Å². The molecule has 1 N–H and O–H groups in total. The van der Waals surface area contributed by atoms with Crippen LogP contribution in [-0.4, -0.2) is 75.5 Å². The minimum absolute atomic E-state index is 0.196. The van der Waals surface area contributed by atoms with Crippen molar-refractivity contribution in [2.24, 2.45) is 11.8 Å². The Bertz CT molecular complexity index is 783. The number of rotatable bonds is 9. The summed E-state index contributed by atoms with van der Waals surface area (Å²) in [7, 11) is -3.66. The van der Waals surface area contributed by atoms with E-state index in [-0.39, 0.29) is 18.1 Å². The van der Waals surface area contributed by atoms with Gasteiger partial charge in [0.25, 0.3) is 10.1 Å². The van der Waals surface area contributed by atoms with Crippen LogP contribution in [0.5, 0.6) is 0 Å². The van der Waals surface area contributed by atoms with Gasteiger partial charge in [-0.1, -0.05) is 17.7 Å². The van der Waals surface area contributed by atoms with E-state index in [0.717, 1.165) is 76.7 Å². The van der Waals surface area contributed by atoms with E-state index < -0.39 is 10.1 Å². The summed E-state index contributed by atoms with van der Waals surface area (Å²) in [5, 5.41) is 8.66. The molecule has 2 aliphatic rings. The minimum Gasteiger partial charge on any atom is -0.396 e. The molecule has 2 aliphatic heterocycles. The Hall–Kier alpha value is -1.97. The van der Waals surface area contributed by atoms with Crippen LogP contribution in [0.2, 0.25) is 0 Å². The smallest absolute Gasteiger partial charge is 0.296 e. The van der Waals surface area contributed by atoms with Crippen molar-refractivity contribution in [2.45, 2.75) is 50.3 Å². The largest absolute Gasteiger partial charge is 0.396 e. The Morgan fingerprint density at radius 3 is 1.81 bits per heavy atom. The van der Waals surface area contributed by atoms with Gasteiger partial charge in [0, 0.05) is 32.8 Å². The maximum absolute atomic E-state index is 12.0. The van der Waals surface area contributed by atoms with Gasteiger partial charge < -0.3 is 14.9 Å². The summed E-state index contributed by atoms with van der Waals surface area (Å²) >= 11 is 0. The van der Waals surface area contributed by atoms with Crippen molar-refractivity contribution in [3.63, 3.8) is 0 Å². The molecule has 32 heavy (non-hydrogen) atoms. The summed E-state index contributed by atoms with van der Waals surface area (Å²) in [5.74, 6) is 1.06. The first kappa shape index (κ1) is 26.3. The number of aliphatic hydroxyl groups is 1. The molecule has 3 rings (SSSR count). The molecule has 1 aromatic carbocycles. The molecule has 2 fully saturated rings. The van der Waals surface area contributed by atoms with Gasteiger partial charge in [-0.3, -0.25) is 13.8 Å². The van der Waals surface area contributed by atoms with Gasteiger partial charge in [0.15, 0.2) is 0 Å². The fourth-order valence-corrected chi connectivity index (χ4v) is 4.90. The fraction of sp³-hybridized carbons (Fsp3) is 0.652. The van der Waals surface area contributed by atoms with E-state index in [4.69, 9.17) is 9.29 Å². The highest BCUT2D eigenvalue weighted by Gasteiger charge is 2.20. The highest BCUT2D eigenvalue weighted by atomic mass is 32.2. The minimum atomic E-state index is -3.66. The standard InChI is InChI=1S/C15H21NO4S.C8H15NO2/c1-13-2-4-15(5-3-13)21(18,19)20-11-8-14-6-9-16(12-17)10-7-14;10-6-3-8-1-4-9(7-11)5-2-8/h2-5,12,14H,6-11H2,1H3;7-8,10H,1-6H2. The number of piperidine rings is 2. The molecule has 1 aromatic rings. The number of hydrogen-bond acceptors (Lipinski definition) is 6. The molecular weight excluding hydrogens is 432 g/mol. The first-order valence-electron chi connectivity index (χ1n) is 11.3. The zero-order valence-electron chi connectivity index (χ0n) is 18.9. The number of hydrogen-bond donors (Lipinski definition) is 1. The van der Waals surface area contributed by atoms with E-state index in [1.807, 2.05) is 6.92 Å². The number of likely N-dealkylation sites (tertiary alicyclic amines) is 2. The van der Waals surface area contributed by atoms with Crippen LogP contribution in [0.1, 0.15) is 44.1 Å². The van der Waals surface area contributed by atoms with Crippen molar-refractivity contribution in [1.29, 1.82) is 0 Å². The van der Waals surface area contributed by atoms with Crippen LogP contribution >= 0.6 is 0 Å². The average Bonchev–Trinajstić information content (AvgIpc) is 2.81. The quantitative estimate of drug-likeness (QED) is 0.440. The van der Waals surface area contributed by atoms with E-state index in [1.54, 1.807) is 34.1 Å². The van der Waals surface area contributed by atoms with E-state index in [2.05, 4.69) is 0 Å². The summed E-state index contributed by atoms with van der Waals surface area (Å²) in [4.78, 5) is 24.7. The molecule has 0 saturated carbocycles. The van der Waals surface area contributed by atoms with E-state index in [1.165, 1.54) is 0 Å². The zero-order valence-corrected chi connectivity index (χ0v) is 19.7. The first-order valence-corrected chi connectivity index (χ1v) is 12.7. The topological polar surface area (TPSA) is 104 Å². The molecule has 9 heteroatoms. The van der Waals surface area contributed by atoms with Crippen LogP contribution in [0.25, 0.3) is 0 Å². The van der Waals surface area contributed by atoms with E-state index in [0.29, 0.717) is 18.3 Å². The van der Waals surface area contributed by atoms with Gasteiger partial charge in [0.05, 0.1) is 11.5 Å². The number of carbonyl (C=O) groups is 2. The molecule has 2 heterocycles. The molecule has 0 aromatic heterocycles. The lowest BCUT2D eigenvalue weighted by Crippen LogP contribution is -2.32. The van der Waals surface area contributed by atoms with Gasteiger partial charge in [-0.05, 0) is 69.4 Å². The maximum atomic E-state index is 12.0. The molecule has 2 amide bonds. The third-order valence-electron chi connectivity index (χ3n) is 6.21. The molecule has 180 valence electrons. The number of nitrogens with zero attached hydrogens (tertiary/aromatic N) is 2. The van der Waals surface area contributed by atoms with Gasteiger partial charge in [0.1, 0.15) is 0 Å². The Kier molecular flexibility index (Phi) is 11.1. The monoisotopic (exact) mass is 468 g/mol. The van der Waals surface area contributed by atoms with Crippen LogP contribution in [0, 0.1) is 18.8 Å². The lowest BCUT2D eigenvalue weighted by Gasteiger charge is -2.28. The van der Waals surface area contributed by atoms with Gasteiger partial charge >= 0.3 is 0 Å². The average molecular weight is 469 g/mol. The highest BCUT2D eigenvalue weighted by molar-refractivity contribution is 7.86. The van der Waals surface area contributed by atoms with E-state index >= 15 is 0 Å². The Labute approximate surface area is 191 Å². The van der Waals surface area contributed by atoms with Gasteiger partial charge in [0.2, 0.25) is 12.8 Å². The summed E-state index contributed by atoms with van der Waals surface area (Å²) in [6, 6.07) is 6.64. The molecule has 8 nitrogen and oxygen atoms in total. The molecule has 0 unspecified atom stereocenters. The predicted molar refractivity (Wildman–Crippen MR) is 121 cm³/mol. The lowest BCUT2D eigenvalue weighted by molar-refractivity contribution is -0.120. The molecule has 0 spiro atoms. The molecule has 0 bridgehead atoms. The number of benzene rings is 1. The summed E-state index contributed by atoms with van der Waals surface area (Å²) < 4.78 is 29.1. The van der Waals surface area contributed by atoms with Crippen LogP contribution < -0.4 is 0 Å². The van der Waals surface area contributed by atoms with Gasteiger partial charge in [-0.2, -0.15) is 8.42 Å². The Morgan fingerprint density at radius 2 is 1.38 bits per heavy atom. The number of amides is 2. The second-order valence-electron chi connectivity index (χ2n) is 8.56. The SMILES string of the molecule is Cc1ccc(S(=O)(=O)OCCC2CCN(C=O)CC2)cc1.O=CN1CCC(CCO)CC1. The predicted octanol–water partition coefficient (Wildman–Crippen LogP) is 2.20. The Morgan fingerprint density at radius 1 is 0.906 bits per heavy atom. The molecular formula is C23H36N2O6S. The third kappa shape index (κ3) is 8.88. The summed E-state index contributed by atoms with van der Waals surface area (Å²) in [5.41, 5.74) is 1.01. The number of carbonyl (C=O) groups excluding carboxylic acids is 2. The summed E-state index contributed by atoms with van der Waals surface area (Å²) in [6.45, 7) is 5.62. The summed E-state index contributed by atoms with van der Waals surface area (Å²) in [6.07, 6.45) is 7.31. The van der Waals surface area contributed by atoms with Crippen LogP contribution in [0.15, 0.2) is 29.2 Å². The zero-order chi connectivity index (χ0) is 23.4. The first-order chi connectivity index (χ1) is 15.4. The second-order valence-corrected chi connectivity index (χ2v) is 10.2. The lowest BCUT2D eigenvalue weighted by atomic mass is 9.94. The van der Waals surface area contributed by atoms with Crippen molar-refractivity contribution in [2.75, 3.05) is 39.4 Å². The van der Waals surface area contributed by atoms with Crippen molar-refractivity contribution in [1.82, 2.24) is 9.80 Å². The highest BCUT2D eigenvalue weighted by Crippen LogP contribution is 2.21. The molecule has 0 atom stereocenters. The van der Waals surface area contributed by atoms with Gasteiger partial charge in [-0.15, -0.1) is 0 Å². The van der Waals surface area contributed by atoms with Crippen LogP contribution in [0.3, 0.4) is 0 Å². The van der Waals surface area contributed by atoms with Crippen molar-refractivity contribution in [3.05, 3.63) is 29.8 Å². The van der Waals surface area contributed by atoms with Gasteiger partial charge in [-0.25, -0.2) is 0 Å². The van der Waals surface area contributed by atoms with E-state index in [9.17, 15) is 18.0 Å². The van der Waals surface area contributed by atoms with Crippen molar-refractivity contribution in [3.8, 4) is 0 Å². The molecule has 2 saturated heterocycles. The van der Waals surface area contributed by atoms with Crippen molar-refractivity contribution >= 4 is 22.9 Å². The normalized spacial score (nSPS) is 18.1. The number of aryl methyl sites for hydroxylation is 1. The third-order valence-corrected chi connectivity index (χ3v) is 7.53. The number of aliphatic hydroxyl groups excluding tert-OH is 1. The maximum Gasteiger partial charge on any atom is 0.296 e. The fourth-order valence-electron chi connectivity index (χ4n) is 3.97. The second kappa shape index (κ2) is 13.5. The molecule has 0 radical (unpaired) electrons. The van der Waals surface area contributed by atoms with Crippen molar-refractivity contribution < 1.29 is 27.3 Å².